The summed E-state index contributed by atoms with van der Waals surface area (Å²) < 4.78 is 17.6. The highest BCUT2D eigenvalue weighted by Gasteiger charge is 2.27. The van der Waals surface area contributed by atoms with E-state index in [2.05, 4.69) is 27.6 Å². The maximum absolute atomic E-state index is 12.2. The van der Waals surface area contributed by atoms with Crippen LogP contribution in [-0.2, 0) is 33.2 Å². The van der Waals surface area contributed by atoms with Gasteiger partial charge in [0.1, 0.15) is 6.29 Å². The molecule has 2 aromatic carbocycles. The minimum atomic E-state index is -0.901. The molecule has 0 spiro atoms. The van der Waals surface area contributed by atoms with E-state index in [1.807, 2.05) is 12.1 Å². The number of aromatic nitrogens is 2. The fraction of sp³-hybridized carbons (Fsp3) is 0.360. The summed E-state index contributed by atoms with van der Waals surface area (Å²) in [5.41, 5.74) is 4.08. The molecule has 0 saturated heterocycles. The normalized spacial score (nSPS) is 20.5. The summed E-state index contributed by atoms with van der Waals surface area (Å²) in [5.74, 6) is 2.00. The van der Waals surface area contributed by atoms with Gasteiger partial charge in [-0.15, -0.1) is 0 Å². The molecule has 1 saturated carbocycles. The van der Waals surface area contributed by atoms with Crippen molar-refractivity contribution in [3.05, 3.63) is 75.5 Å². The Bertz CT molecular complexity index is 1210. The summed E-state index contributed by atoms with van der Waals surface area (Å²) in [5, 5.41) is 21.1. The first kappa shape index (κ1) is 24.7. The molecule has 3 aromatic rings. The van der Waals surface area contributed by atoms with Gasteiger partial charge in [0.15, 0.2) is 5.82 Å². The van der Waals surface area contributed by atoms with E-state index in [1.165, 1.54) is 17.7 Å². The lowest BCUT2D eigenvalue weighted by Crippen LogP contribution is -2.04. The van der Waals surface area contributed by atoms with Crippen LogP contribution in [0.3, 0.4) is 0 Å². The summed E-state index contributed by atoms with van der Waals surface area (Å²) in [6.07, 6.45) is 5.60. The molecule has 2 heterocycles. The predicted octanol–water partition coefficient (Wildman–Crippen LogP) is 4.44. The summed E-state index contributed by atoms with van der Waals surface area (Å²) in [6.45, 7) is 0. The van der Waals surface area contributed by atoms with E-state index in [0.29, 0.717) is 18.4 Å². The van der Waals surface area contributed by atoms with Crippen molar-refractivity contribution in [3.63, 3.8) is 0 Å². The number of aldehydes is 1. The van der Waals surface area contributed by atoms with E-state index in [-0.39, 0.29) is 5.69 Å². The lowest BCUT2D eigenvalue weighted by Gasteiger charge is -2.08. The number of hydrogen-bond acceptors (Lipinski definition) is 7. The number of hydrogen-bond donors (Lipinski definition) is 2. The van der Waals surface area contributed by atoms with Crippen LogP contribution in [0.2, 0.25) is 0 Å². The zero-order valence-electron chi connectivity index (χ0n) is 19.4. The Morgan fingerprint density at radius 2 is 2.06 bits per heavy atom. The molecule has 0 radical (unpaired) electrons. The Kier molecular flexibility index (Phi) is 8.04. The largest absolute Gasteiger partial charge is 0.381 e. The highest BCUT2D eigenvalue weighted by Crippen LogP contribution is 2.36. The van der Waals surface area contributed by atoms with Gasteiger partial charge in [-0.2, -0.15) is 5.10 Å². The van der Waals surface area contributed by atoms with Crippen LogP contribution in [0.15, 0.2) is 53.4 Å². The number of non-ortho nitro benzene ring substituents is 1. The van der Waals surface area contributed by atoms with Gasteiger partial charge < -0.3 is 14.8 Å². The van der Waals surface area contributed by atoms with Crippen molar-refractivity contribution in [2.45, 2.75) is 49.0 Å². The summed E-state index contributed by atoms with van der Waals surface area (Å²) in [4.78, 5) is 20.7. The molecule has 2 aliphatic rings. The van der Waals surface area contributed by atoms with Crippen LogP contribution in [0.25, 0.3) is 0 Å². The van der Waals surface area contributed by atoms with E-state index in [1.54, 1.807) is 19.2 Å². The number of nitrogens with zero attached hydrogens (tertiary/aromatic N) is 2. The van der Waals surface area contributed by atoms with E-state index < -0.39 is 15.7 Å². The SMILES string of the molecule is COC1CCC(c2cc(Nc3cccc4c3S(=O)CC4)n[nH]2)C1.O=CCc1ccc([N+](=O)[O-])cc1. The standard InChI is InChI=1S/C17H21N3O2S.C8H7NO3/c1-22-13-6-5-12(9-13)15-10-16(20-19-15)18-14-4-2-3-11-7-8-23(21)17(11)14;10-6-5-7-1-3-8(4-2-7)9(11)12/h2-4,10,12-13H,5-9H2,1H3,(H2,18,19,20);1-4,6H,5H2. The van der Waals surface area contributed by atoms with Crippen LogP contribution < -0.4 is 5.32 Å². The number of ether oxygens (including phenoxy) is 1. The Morgan fingerprint density at radius 3 is 2.74 bits per heavy atom. The minimum Gasteiger partial charge on any atom is -0.381 e. The van der Waals surface area contributed by atoms with Crippen molar-refractivity contribution in [2.75, 3.05) is 18.2 Å². The van der Waals surface area contributed by atoms with Crippen LogP contribution in [0, 0.1) is 10.1 Å². The monoisotopic (exact) mass is 496 g/mol. The lowest BCUT2D eigenvalue weighted by atomic mass is 10.0. The van der Waals surface area contributed by atoms with Crippen molar-refractivity contribution in [3.8, 4) is 0 Å². The molecule has 35 heavy (non-hydrogen) atoms. The third kappa shape index (κ3) is 6.01. The molecule has 1 aliphatic heterocycles. The van der Waals surface area contributed by atoms with Crippen LogP contribution in [0.4, 0.5) is 17.2 Å². The number of nitro benzene ring substituents is 1. The first-order valence-corrected chi connectivity index (χ1v) is 12.8. The number of carbonyl (C=O) groups is 1. The Labute approximate surface area is 205 Å². The van der Waals surface area contributed by atoms with E-state index in [9.17, 15) is 19.1 Å². The summed E-state index contributed by atoms with van der Waals surface area (Å²) >= 11 is 0. The zero-order valence-corrected chi connectivity index (χ0v) is 20.3. The highest BCUT2D eigenvalue weighted by molar-refractivity contribution is 7.85. The van der Waals surface area contributed by atoms with E-state index >= 15 is 0 Å². The molecule has 1 aliphatic carbocycles. The second kappa shape index (κ2) is 11.4. The number of aromatic amines is 1. The number of benzene rings is 2. The van der Waals surface area contributed by atoms with E-state index in [4.69, 9.17) is 4.74 Å². The molecule has 1 fully saturated rings. The maximum atomic E-state index is 12.2. The second-order valence-electron chi connectivity index (χ2n) is 8.59. The third-order valence-corrected chi connectivity index (χ3v) is 7.88. The molecule has 9 nitrogen and oxygen atoms in total. The van der Waals surface area contributed by atoms with Gasteiger partial charge in [-0.1, -0.05) is 24.3 Å². The van der Waals surface area contributed by atoms with Crippen molar-refractivity contribution < 1.29 is 18.7 Å². The van der Waals surface area contributed by atoms with Crippen LogP contribution >= 0.6 is 0 Å². The molecular formula is C25H28N4O5S. The van der Waals surface area contributed by atoms with Gasteiger partial charge >= 0.3 is 0 Å². The molecular weight excluding hydrogens is 468 g/mol. The Hall–Kier alpha value is -3.37. The van der Waals surface area contributed by atoms with Crippen molar-refractivity contribution >= 4 is 34.3 Å². The van der Waals surface area contributed by atoms with Crippen molar-refractivity contribution in [2.24, 2.45) is 0 Å². The molecule has 5 rings (SSSR count). The fourth-order valence-corrected chi connectivity index (χ4v) is 5.92. The number of rotatable bonds is 7. The topological polar surface area (TPSA) is 127 Å². The van der Waals surface area contributed by atoms with Crippen LogP contribution in [-0.4, -0.2) is 44.6 Å². The predicted molar refractivity (Wildman–Crippen MR) is 134 cm³/mol. The molecule has 0 bridgehead atoms. The molecule has 3 unspecified atom stereocenters. The number of aryl methyl sites for hydroxylation is 1. The lowest BCUT2D eigenvalue weighted by molar-refractivity contribution is -0.384. The average molecular weight is 497 g/mol. The number of anilines is 2. The van der Waals surface area contributed by atoms with Crippen molar-refractivity contribution in [1.82, 2.24) is 10.2 Å². The second-order valence-corrected chi connectivity index (χ2v) is 10.1. The molecule has 3 atom stereocenters. The van der Waals surface area contributed by atoms with Gasteiger partial charge in [-0.3, -0.25) is 19.4 Å². The maximum Gasteiger partial charge on any atom is 0.269 e. The third-order valence-electron chi connectivity index (χ3n) is 6.37. The highest BCUT2D eigenvalue weighted by atomic mass is 32.2. The first-order chi connectivity index (χ1) is 17.0. The number of H-pyrrole nitrogens is 1. The van der Waals surface area contributed by atoms with Gasteiger partial charge in [0.05, 0.1) is 32.4 Å². The van der Waals surface area contributed by atoms with Crippen LogP contribution in [0.1, 0.15) is 42.0 Å². The molecule has 10 heteroatoms. The van der Waals surface area contributed by atoms with Crippen LogP contribution in [0.5, 0.6) is 0 Å². The molecule has 2 N–H and O–H groups in total. The smallest absolute Gasteiger partial charge is 0.269 e. The van der Waals surface area contributed by atoms with Gasteiger partial charge in [-0.25, -0.2) is 0 Å². The summed E-state index contributed by atoms with van der Waals surface area (Å²) in [6, 6.07) is 14.0. The minimum absolute atomic E-state index is 0.0460. The Balaban J connectivity index is 0.000000204. The average Bonchev–Trinajstić information content (AvgIpc) is 3.61. The van der Waals surface area contributed by atoms with Gasteiger partial charge in [0.2, 0.25) is 0 Å². The first-order valence-electron chi connectivity index (χ1n) is 11.5. The number of methoxy groups -OCH3 is 1. The summed E-state index contributed by atoms with van der Waals surface area (Å²) in [7, 11) is 0.880. The molecule has 1 aromatic heterocycles. The number of nitrogens with one attached hydrogen (secondary N) is 2. The zero-order chi connectivity index (χ0) is 24.8. The molecule has 0 amide bonds. The van der Waals surface area contributed by atoms with Gasteiger partial charge in [0, 0.05) is 49.1 Å². The number of fused-ring (bicyclic) bond motifs is 1. The number of nitro groups is 1. The van der Waals surface area contributed by atoms with Gasteiger partial charge in [-0.05, 0) is 42.9 Å². The van der Waals surface area contributed by atoms with Gasteiger partial charge in [0.25, 0.3) is 5.69 Å². The quantitative estimate of drug-likeness (QED) is 0.281. The van der Waals surface area contributed by atoms with Crippen molar-refractivity contribution in [1.29, 1.82) is 0 Å². The van der Waals surface area contributed by atoms with E-state index in [0.717, 1.165) is 65.4 Å². The molecule has 184 valence electrons. The Morgan fingerprint density at radius 1 is 1.26 bits per heavy atom. The number of carbonyl (C=O) groups excluding carboxylic acids is 1. The fourth-order valence-electron chi connectivity index (χ4n) is 4.49.